The van der Waals surface area contributed by atoms with Crippen molar-refractivity contribution in [3.8, 4) is 0 Å². The second kappa shape index (κ2) is 36.1. The minimum absolute atomic E-state index is 0.0212. The van der Waals surface area contributed by atoms with E-state index in [0.717, 1.165) is 103 Å². The van der Waals surface area contributed by atoms with Crippen LogP contribution in [0.3, 0.4) is 0 Å². The SMILES string of the molecule is CCCCCCCCCCCC(=O)O[C@H]1[C@H](O[C@@H]2[C@@H](O)[C@H]3OC(=O)CCCCCCCCCC(CCCCC)O[C@@H]4O[C@H](C)[C@H](O)[C@H](O)[C@H]4O[C@@H]3O[C@H]2C)O[C@@H](C)[C@H](O[C@@H]2O[C@@H](C)[C@H](OC(=O)C(C)C)[C@@H](O)[C@H]2O)[C@H]1O[C@@H]1O[C@@H](C)[C@H](O)[C@@H](O)[C@H]1O. The first-order valence-corrected chi connectivity index (χ1v) is 32.6. The Bertz CT molecular complexity index is 1970. The van der Waals surface area contributed by atoms with Gasteiger partial charge < -0.3 is 102 Å². The molecule has 0 aliphatic carbocycles. The van der Waals surface area contributed by atoms with E-state index in [0.29, 0.717) is 25.7 Å². The van der Waals surface area contributed by atoms with Crippen LogP contribution in [0.4, 0.5) is 0 Å². The van der Waals surface area contributed by atoms with Crippen LogP contribution in [0.15, 0.2) is 0 Å². The van der Waals surface area contributed by atoms with Crippen molar-refractivity contribution in [3.63, 3.8) is 0 Å². The quantitative estimate of drug-likeness (QED) is 0.0381. The molecule has 0 aromatic heterocycles. The van der Waals surface area contributed by atoms with Crippen LogP contribution in [-0.2, 0) is 76.0 Å². The van der Waals surface area contributed by atoms with E-state index in [9.17, 15) is 55.2 Å². The number of aliphatic hydroxyl groups is 8. The molecule has 0 aromatic carbocycles. The molecule has 0 saturated carbocycles. The van der Waals surface area contributed by atoms with Crippen LogP contribution in [0, 0.1) is 5.92 Å². The Hall–Kier alpha value is -2.31. The van der Waals surface area contributed by atoms with Crippen molar-refractivity contribution in [3.05, 3.63) is 0 Å². The number of ether oxygens (including phenoxy) is 13. The Morgan fingerprint density at radius 1 is 0.453 bits per heavy atom. The van der Waals surface area contributed by atoms with Gasteiger partial charge in [-0.2, -0.15) is 0 Å². The lowest BCUT2D eigenvalue weighted by Gasteiger charge is -2.51. The molecule has 8 N–H and O–H groups in total. The third-order valence-electron chi connectivity index (χ3n) is 17.6. The van der Waals surface area contributed by atoms with E-state index in [4.69, 9.17) is 61.6 Å². The van der Waals surface area contributed by atoms with Gasteiger partial charge in [0.05, 0.1) is 42.5 Å². The van der Waals surface area contributed by atoms with E-state index in [1.807, 2.05) is 0 Å². The van der Waals surface area contributed by atoms with E-state index in [2.05, 4.69) is 13.8 Å². The molecule has 500 valence electrons. The number of hydrogen-bond acceptors (Lipinski definition) is 24. The summed E-state index contributed by atoms with van der Waals surface area (Å²) in [6.45, 7) is 15.1. The highest BCUT2D eigenvalue weighted by Gasteiger charge is 2.58. The van der Waals surface area contributed by atoms with Crippen molar-refractivity contribution in [2.24, 2.45) is 5.92 Å². The number of aliphatic hydroxyl groups excluding tert-OH is 8. The van der Waals surface area contributed by atoms with Gasteiger partial charge in [-0.25, -0.2) is 0 Å². The van der Waals surface area contributed by atoms with Crippen molar-refractivity contribution >= 4 is 17.9 Å². The Kier molecular flexibility index (Phi) is 30.5. The second-order valence-electron chi connectivity index (χ2n) is 25.2. The highest BCUT2D eigenvalue weighted by atomic mass is 16.8. The molecule has 6 fully saturated rings. The van der Waals surface area contributed by atoms with E-state index in [-0.39, 0.29) is 18.9 Å². The molecule has 0 amide bonds. The van der Waals surface area contributed by atoms with Crippen LogP contribution in [0.2, 0.25) is 0 Å². The van der Waals surface area contributed by atoms with Crippen LogP contribution in [0.1, 0.15) is 210 Å². The molecule has 0 radical (unpaired) electrons. The first-order valence-electron chi connectivity index (χ1n) is 32.6. The van der Waals surface area contributed by atoms with Crippen molar-refractivity contribution in [2.75, 3.05) is 0 Å². The summed E-state index contributed by atoms with van der Waals surface area (Å²) in [6.07, 6.45) is -19.4. The fourth-order valence-electron chi connectivity index (χ4n) is 12.1. The first-order chi connectivity index (χ1) is 41.1. The minimum Gasteiger partial charge on any atom is -0.457 e. The van der Waals surface area contributed by atoms with Crippen molar-refractivity contribution in [2.45, 2.75) is 370 Å². The monoisotopic (exact) mass is 1240 g/mol. The molecule has 6 saturated heterocycles. The summed E-state index contributed by atoms with van der Waals surface area (Å²) in [5, 5.41) is 91.9. The molecular formula is C62H108O24. The maximum absolute atomic E-state index is 14.3. The summed E-state index contributed by atoms with van der Waals surface area (Å²) in [5.41, 5.74) is 0. The molecular weight excluding hydrogens is 1130 g/mol. The predicted molar refractivity (Wildman–Crippen MR) is 306 cm³/mol. The fourth-order valence-corrected chi connectivity index (χ4v) is 12.1. The number of hydrogen-bond donors (Lipinski definition) is 8. The maximum atomic E-state index is 14.3. The Morgan fingerprint density at radius 2 is 0.953 bits per heavy atom. The Labute approximate surface area is 508 Å². The number of carbonyl (C=O) groups is 3. The van der Waals surface area contributed by atoms with Gasteiger partial charge in [0.15, 0.2) is 49.8 Å². The molecule has 6 rings (SSSR count). The number of carbonyl (C=O) groups excluding carboxylic acids is 3. The van der Waals surface area contributed by atoms with Crippen molar-refractivity contribution in [1.82, 2.24) is 0 Å². The van der Waals surface area contributed by atoms with Crippen LogP contribution in [0.25, 0.3) is 0 Å². The maximum Gasteiger partial charge on any atom is 0.308 e. The number of unbranched alkanes of at least 4 members (excludes halogenated alkanes) is 10. The normalized spacial score (nSPS) is 41.7. The summed E-state index contributed by atoms with van der Waals surface area (Å²) in [7, 11) is 0. The van der Waals surface area contributed by atoms with Gasteiger partial charge in [0.2, 0.25) is 0 Å². The lowest BCUT2D eigenvalue weighted by atomic mass is 9.95. The zero-order valence-electron chi connectivity index (χ0n) is 52.5. The highest BCUT2D eigenvalue weighted by Crippen LogP contribution is 2.39. The molecule has 24 nitrogen and oxygen atoms in total. The van der Waals surface area contributed by atoms with E-state index >= 15 is 0 Å². The van der Waals surface area contributed by atoms with Crippen LogP contribution >= 0.6 is 0 Å². The van der Waals surface area contributed by atoms with Crippen LogP contribution < -0.4 is 0 Å². The van der Waals surface area contributed by atoms with Gasteiger partial charge in [-0.1, -0.05) is 137 Å². The summed E-state index contributed by atoms with van der Waals surface area (Å²) in [4.78, 5) is 40.9. The number of esters is 3. The molecule has 86 heavy (non-hydrogen) atoms. The lowest BCUT2D eigenvalue weighted by molar-refractivity contribution is -0.399. The zero-order chi connectivity index (χ0) is 62.8. The average Bonchev–Trinajstić information content (AvgIpc) is 3.33. The predicted octanol–water partition coefficient (Wildman–Crippen LogP) is 4.94. The van der Waals surface area contributed by atoms with E-state index in [1.165, 1.54) is 27.2 Å². The second-order valence-corrected chi connectivity index (χ2v) is 25.2. The molecule has 0 aromatic rings. The van der Waals surface area contributed by atoms with Gasteiger partial charge in [-0.3, -0.25) is 14.4 Å². The summed E-state index contributed by atoms with van der Waals surface area (Å²) < 4.78 is 82.2. The van der Waals surface area contributed by atoms with Crippen LogP contribution in [-0.4, -0.2) is 218 Å². The lowest BCUT2D eigenvalue weighted by Crippen LogP contribution is -2.68. The minimum atomic E-state index is -1.90. The van der Waals surface area contributed by atoms with Crippen molar-refractivity contribution < 1.29 is 117 Å². The summed E-state index contributed by atoms with van der Waals surface area (Å²) >= 11 is 0. The molecule has 26 atom stereocenters. The van der Waals surface area contributed by atoms with Crippen LogP contribution in [0.5, 0.6) is 0 Å². The fraction of sp³-hybridized carbons (Fsp3) is 0.952. The van der Waals surface area contributed by atoms with Gasteiger partial charge in [-0.15, -0.1) is 0 Å². The molecule has 24 heteroatoms. The zero-order valence-corrected chi connectivity index (χ0v) is 52.5. The van der Waals surface area contributed by atoms with E-state index in [1.54, 1.807) is 27.7 Å². The Balaban J connectivity index is 1.34. The van der Waals surface area contributed by atoms with Gasteiger partial charge in [-0.05, 0) is 60.3 Å². The topological polar surface area (TPSA) is 333 Å². The van der Waals surface area contributed by atoms with Gasteiger partial charge >= 0.3 is 17.9 Å². The number of rotatable bonds is 23. The molecule has 1 unspecified atom stereocenters. The first kappa shape index (κ1) is 72.7. The molecule has 6 aliphatic rings. The Morgan fingerprint density at radius 3 is 1.62 bits per heavy atom. The van der Waals surface area contributed by atoms with Gasteiger partial charge in [0, 0.05) is 12.8 Å². The standard InChI is InChI=1S/C62H108O24/c1-10-12-14-15-16-17-20-23-28-32-41(64)81-56-55(86-58-47(70)44(67)42(65)34(5)74-58)52(84-59-48(71)46(69)50(36(7)76-59)82-57(73)33(3)4)38(9)78-62(56)83-51-37(8)77-61-54(49(51)72)80-40(63)31-27-24-21-18-19-22-26-30-39(29-25-13-11-2)79-60-53(85-61)45(68)43(66)35(6)75-60/h33-39,42-56,58-62,65-72H,10-32H2,1-9H3/t34-,35+,36-,37-,38-,39?,42-,43-,44+,45-,46-,47+,48+,49+,50-,51-,52-,53+,54+,55+,56+,58-,59-,60-,61-,62-/m0/s1. The molecule has 0 bridgehead atoms. The average molecular weight is 1240 g/mol. The third-order valence-corrected chi connectivity index (χ3v) is 17.6. The summed E-state index contributed by atoms with van der Waals surface area (Å²) in [5.74, 6) is -2.66. The molecule has 6 aliphatic heterocycles. The third kappa shape index (κ3) is 20.3. The number of fused-ring (bicyclic) bond motifs is 2. The molecule has 6 heterocycles. The van der Waals surface area contributed by atoms with E-state index < -0.39 is 177 Å². The smallest absolute Gasteiger partial charge is 0.308 e. The highest BCUT2D eigenvalue weighted by molar-refractivity contribution is 5.72. The molecule has 0 spiro atoms. The summed E-state index contributed by atoms with van der Waals surface area (Å²) in [6, 6.07) is 0. The van der Waals surface area contributed by atoms with Crippen molar-refractivity contribution in [1.29, 1.82) is 0 Å². The van der Waals surface area contributed by atoms with Gasteiger partial charge in [0.1, 0.15) is 73.2 Å². The largest absolute Gasteiger partial charge is 0.457 e. The van der Waals surface area contributed by atoms with Gasteiger partial charge in [0.25, 0.3) is 0 Å².